The van der Waals surface area contributed by atoms with E-state index in [0.717, 1.165) is 84.7 Å². The Balaban J connectivity index is 1.35. The Morgan fingerprint density at radius 2 is 1.23 bits per heavy atom. The minimum atomic E-state index is -4.96. The summed E-state index contributed by atoms with van der Waals surface area (Å²) in [6.07, 6.45) is -7.86. The molecule has 0 saturated heterocycles. The number of allylic oxidation sites excluding steroid dienone is 4. The Morgan fingerprint density at radius 1 is 0.679 bits per heavy atom. The number of nitriles is 4. The summed E-state index contributed by atoms with van der Waals surface area (Å²) in [6, 6.07) is 12.8. The van der Waals surface area contributed by atoms with E-state index in [1.165, 1.54) is 34.8 Å². The number of thioether (sulfide) groups is 1. The molecule has 0 radical (unpaired) electrons. The highest BCUT2D eigenvalue weighted by molar-refractivity contribution is 8.09. The summed E-state index contributed by atoms with van der Waals surface area (Å²) in [5.41, 5.74) is -0.195. The molecule has 0 fully saturated rings. The summed E-state index contributed by atoms with van der Waals surface area (Å²) in [6.45, 7) is 8.33. The second-order valence-corrected chi connectivity index (χ2v) is 18.0. The molecule has 0 N–H and O–H groups in total. The number of hydrogen-bond acceptors (Lipinski definition) is 9. The number of aromatic nitrogens is 2. The lowest BCUT2D eigenvalue weighted by molar-refractivity contribution is -0.0884. The molecule has 17 heteroatoms. The maximum atomic E-state index is 13.5. The predicted octanol–water partition coefficient (Wildman–Crippen LogP) is 13.1. The van der Waals surface area contributed by atoms with Gasteiger partial charge in [-0.25, -0.2) is 0 Å². The van der Waals surface area contributed by atoms with Crippen LogP contribution in [0.15, 0.2) is 47.1 Å². The van der Waals surface area contributed by atoms with Crippen molar-refractivity contribution in [2.75, 3.05) is 0 Å². The quantitative estimate of drug-likeness (QED) is 0.123. The van der Waals surface area contributed by atoms with Crippen LogP contribution < -0.4 is 0 Å². The first-order valence-corrected chi connectivity index (χ1v) is 19.9. The zero-order valence-electron chi connectivity index (χ0n) is 27.8. The van der Waals surface area contributed by atoms with Crippen LogP contribution in [0.4, 0.5) is 26.3 Å². The van der Waals surface area contributed by atoms with Gasteiger partial charge in [-0.2, -0.15) is 47.4 Å². The highest BCUT2D eigenvalue weighted by Gasteiger charge is 2.41. The van der Waals surface area contributed by atoms with Crippen LogP contribution >= 0.6 is 57.1 Å². The number of rotatable bonds is 6. The third kappa shape index (κ3) is 5.87. The Labute approximate surface area is 318 Å². The van der Waals surface area contributed by atoms with Crippen molar-refractivity contribution >= 4 is 108 Å². The van der Waals surface area contributed by atoms with Crippen LogP contribution in [0.1, 0.15) is 56.0 Å². The van der Waals surface area contributed by atoms with Gasteiger partial charge >= 0.3 is 12.4 Å². The van der Waals surface area contributed by atoms with Gasteiger partial charge in [0, 0.05) is 41.7 Å². The normalized spacial score (nSPS) is 16.4. The van der Waals surface area contributed by atoms with Gasteiger partial charge in [0.15, 0.2) is 5.57 Å². The van der Waals surface area contributed by atoms with Crippen LogP contribution in [-0.4, -0.2) is 26.7 Å². The van der Waals surface area contributed by atoms with Crippen molar-refractivity contribution in [2.45, 2.75) is 63.8 Å². The number of hydrogen-bond donors (Lipinski definition) is 0. The van der Waals surface area contributed by atoms with Gasteiger partial charge in [-0.15, -0.1) is 57.1 Å². The van der Waals surface area contributed by atoms with E-state index in [0.29, 0.717) is 4.88 Å². The highest BCUT2D eigenvalue weighted by Crippen LogP contribution is 2.54. The van der Waals surface area contributed by atoms with Gasteiger partial charge in [0.2, 0.25) is 0 Å². The zero-order valence-corrected chi connectivity index (χ0v) is 31.9. The van der Waals surface area contributed by atoms with Gasteiger partial charge in [0.25, 0.3) is 0 Å². The first kappa shape index (κ1) is 36.9. The van der Waals surface area contributed by atoms with Gasteiger partial charge < -0.3 is 9.13 Å². The second kappa shape index (κ2) is 13.1. The molecule has 6 nitrogen and oxygen atoms in total. The van der Waals surface area contributed by atoms with Crippen LogP contribution in [0.2, 0.25) is 0 Å². The van der Waals surface area contributed by atoms with Crippen LogP contribution in [0.5, 0.6) is 0 Å². The number of alkyl halides is 6. The molecule has 268 valence electrons. The summed E-state index contributed by atoms with van der Waals surface area (Å²) < 4.78 is 89.8. The third-order valence-corrected chi connectivity index (χ3v) is 15.3. The molecule has 6 aromatic heterocycles. The number of halogens is 6. The summed E-state index contributed by atoms with van der Waals surface area (Å²) in [5.74, 6) is 0. The Bertz CT molecular complexity index is 2780. The van der Waals surface area contributed by atoms with E-state index in [1.807, 2.05) is 18.2 Å². The largest absolute Gasteiger partial charge is 0.427 e. The number of nitrogens with zero attached hydrogens (tertiary/aromatic N) is 6. The fraction of sp³-hybridized carbons (Fsp3) is 0.278. The average molecular weight is 813 g/mol. The lowest BCUT2D eigenvalue weighted by Crippen LogP contribution is -2.16. The fourth-order valence-electron chi connectivity index (χ4n) is 6.64. The van der Waals surface area contributed by atoms with Crippen molar-refractivity contribution < 1.29 is 26.3 Å². The molecule has 1 unspecified atom stereocenters. The molecular weight excluding hydrogens is 791 g/mol. The average Bonchev–Trinajstić information content (AvgIpc) is 3.90. The van der Waals surface area contributed by atoms with Crippen molar-refractivity contribution in [2.24, 2.45) is 0 Å². The number of fused-ring (bicyclic) bond motifs is 7. The zero-order chi connectivity index (χ0) is 38.3. The molecule has 1 aliphatic rings. The molecule has 0 amide bonds. The Morgan fingerprint density at radius 3 is 1.72 bits per heavy atom. The molecule has 6 aromatic rings. The van der Waals surface area contributed by atoms with Crippen LogP contribution in [0, 0.1) is 45.3 Å². The molecule has 7 heterocycles. The van der Waals surface area contributed by atoms with E-state index in [1.54, 1.807) is 29.5 Å². The lowest BCUT2D eigenvalue weighted by atomic mass is 10.0. The highest BCUT2D eigenvalue weighted by atomic mass is 32.2. The minimum Gasteiger partial charge on any atom is -0.335 e. The summed E-state index contributed by atoms with van der Waals surface area (Å²) in [7, 11) is 0. The predicted molar refractivity (Wildman–Crippen MR) is 203 cm³/mol. The Kier molecular flexibility index (Phi) is 9.12. The SMILES string of the molecule is CC(C)n1c2cc(C3=CCC(/C(C#N)=C(\C#N)C(F)(F)F)S3)sc2c2sc3c4sc(-c5ccc(/C(C#N)=C(\C#N)C(F)(F)F)s5)cc4n(C(C)C)c3c21. The monoisotopic (exact) mass is 812 g/mol. The molecule has 1 aliphatic heterocycles. The molecule has 0 aliphatic carbocycles. The smallest absolute Gasteiger partial charge is 0.335 e. The van der Waals surface area contributed by atoms with E-state index >= 15 is 0 Å². The Hall–Kier alpha value is -4.49. The molecule has 0 spiro atoms. The first-order valence-electron chi connectivity index (χ1n) is 15.8. The molecule has 1 atom stereocenters. The molecule has 0 aromatic carbocycles. The van der Waals surface area contributed by atoms with Gasteiger partial charge in [-0.3, -0.25) is 0 Å². The topological polar surface area (TPSA) is 105 Å². The van der Waals surface area contributed by atoms with Gasteiger partial charge in [-0.05, 0) is 58.4 Å². The maximum absolute atomic E-state index is 13.5. The number of thiophene rings is 4. The lowest BCUT2D eigenvalue weighted by Gasteiger charge is -2.14. The van der Waals surface area contributed by atoms with Crippen molar-refractivity contribution in [1.82, 2.24) is 9.13 Å². The molecular formula is C36H22F6N6S5. The van der Waals surface area contributed by atoms with Crippen molar-refractivity contribution in [3.8, 4) is 34.0 Å². The van der Waals surface area contributed by atoms with Crippen LogP contribution in [0.25, 0.3) is 61.1 Å². The van der Waals surface area contributed by atoms with Crippen molar-refractivity contribution in [3.05, 3.63) is 56.8 Å². The molecule has 53 heavy (non-hydrogen) atoms. The fourth-order valence-corrected chi connectivity index (χ4v) is 12.9. The summed E-state index contributed by atoms with van der Waals surface area (Å²) in [4.78, 5) is 3.16. The van der Waals surface area contributed by atoms with E-state index in [9.17, 15) is 47.4 Å². The maximum Gasteiger partial charge on any atom is 0.427 e. The van der Waals surface area contributed by atoms with Gasteiger partial charge in [-0.1, -0.05) is 6.08 Å². The minimum absolute atomic E-state index is 0.0331. The first-order chi connectivity index (χ1) is 25.0. The molecule has 0 saturated carbocycles. The van der Waals surface area contributed by atoms with Crippen molar-refractivity contribution in [1.29, 1.82) is 21.0 Å². The van der Waals surface area contributed by atoms with Gasteiger partial charge in [0.1, 0.15) is 23.8 Å². The van der Waals surface area contributed by atoms with E-state index in [-0.39, 0.29) is 23.4 Å². The third-order valence-electron chi connectivity index (χ3n) is 8.72. The van der Waals surface area contributed by atoms with Gasteiger partial charge in [0.05, 0.1) is 58.1 Å². The molecule has 0 bridgehead atoms. The summed E-state index contributed by atoms with van der Waals surface area (Å²) in [5, 5.41) is 36.7. The summed E-state index contributed by atoms with van der Waals surface area (Å²) >= 11 is 6.86. The van der Waals surface area contributed by atoms with Crippen LogP contribution in [0.3, 0.4) is 0 Å². The second-order valence-electron chi connectivity index (χ2n) is 12.6. The standard InChI is InChI=1S/C36H22F6N6S5/c1-15(2)47-21-9-27(25-7-5-23(49-25)17(11-43)19(13-45)35(37,38)39)51-31(21)33-29(47)30-34(53-33)32-22(48(30)16(3)4)10-28(52-32)26-8-6-24(50-26)18(12-44)20(14-46)36(40,41)42/h5,7-10,15-16,24H,6H2,1-4H3/b19-17+,20-18+. The molecule has 7 rings (SSSR count). The van der Waals surface area contributed by atoms with Crippen LogP contribution in [-0.2, 0) is 0 Å². The van der Waals surface area contributed by atoms with E-state index in [4.69, 9.17) is 0 Å². The van der Waals surface area contributed by atoms with E-state index < -0.39 is 39.9 Å². The van der Waals surface area contributed by atoms with Crippen molar-refractivity contribution in [3.63, 3.8) is 0 Å². The van der Waals surface area contributed by atoms with E-state index in [2.05, 4.69) is 36.8 Å².